The molecule has 2 aromatic rings. The maximum absolute atomic E-state index is 11.9. The predicted octanol–water partition coefficient (Wildman–Crippen LogP) is 2.55. The number of thiophene rings is 1. The van der Waals surface area contributed by atoms with E-state index in [-0.39, 0.29) is 11.8 Å². The number of hydrogen-bond acceptors (Lipinski definition) is 5. The van der Waals surface area contributed by atoms with Crippen molar-refractivity contribution in [2.75, 3.05) is 19.5 Å². The number of nitrogens with one attached hydrogen (secondary N) is 2. The summed E-state index contributed by atoms with van der Waals surface area (Å²) in [5, 5.41) is 5.77. The van der Waals surface area contributed by atoms with E-state index in [9.17, 15) is 14.4 Å². The first-order chi connectivity index (χ1) is 11.5. The monoisotopic (exact) mass is 344 g/mol. The minimum atomic E-state index is -0.438. The fourth-order valence-corrected chi connectivity index (χ4v) is 2.67. The maximum atomic E-state index is 11.9. The second-order valence-electron chi connectivity index (χ2n) is 4.68. The zero-order valence-corrected chi connectivity index (χ0v) is 14.0. The number of benzene rings is 1. The summed E-state index contributed by atoms with van der Waals surface area (Å²) in [6.45, 7) is 0. The molecule has 0 aliphatic heterocycles. The molecular formula is C17H16N2O4S. The highest BCUT2D eigenvalue weighted by molar-refractivity contribution is 7.18. The molecule has 1 aromatic carbocycles. The standard InChI is InChI=1S/C17H16N2O4S/c1-18-16(21)12-6-3-11(4-7-12)5-9-14(20)19-15-10-8-13(24-15)17(22)23-2/h3-10H,1-2H3,(H,18,21)(H,19,20)/b9-5+. The Morgan fingerprint density at radius 1 is 1.08 bits per heavy atom. The lowest BCUT2D eigenvalue weighted by Gasteiger charge is -2.00. The van der Waals surface area contributed by atoms with Crippen LogP contribution in [0.1, 0.15) is 25.6 Å². The Balaban J connectivity index is 1.96. The topological polar surface area (TPSA) is 84.5 Å². The van der Waals surface area contributed by atoms with Crippen molar-refractivity contribution in [3.63, 3.8) is 0 Å². The highest BCUT2D eigenvalue weighted by Gasteiger charge is 2.09. The maximum Gasteiger partial charge on any atom is 0.348 e. The summed E-state index contributed by atoms with van der Waals surface area (Å²) < 4.78 is 4.61. The number of rotatable bonds is 5. The molecule has 0 atom stereocenters. The number of carbonyl (C=O) groups excluding carboxylic acids is 3. The summed E-state index contributed by atoms with van der Waals surface area (Å²) in [4.78, 5) is 35.1. The molecule has 7 heteroatoms. The van der Waals surface area contributed by atoms with Crippen molar-refractivity contribution in [3.05, 3.63) is 58.5 Å². The van der Waals surface area contributed by atoms with Crippen LogP contribution in [-0.2, 0) is 9.53 Å². The van der Waals surface area contributed by atoms with Gasteiger partial charge in [0.1, 0.15) is 4.88 Å². The van der Waals surface area contributed by atoms with E-state index < -0.39 is 5.97 Å². The zero-order chi connectivity index (χ0) is 17.5. The van der Waals surface area contributed by atoms with E-state index in [0.717, 1.165) is 16.9 Å². The summed E-state index contributed by atoms with van der Waals surface area (Å²) in [6, 6.07) is 10.1. The van der Waals surface area contributed by atoms with E-state index in [1.165, 1.54) is 13.2 Å². The quantitative estimate of drug-likeness (QED) is 0.645. The Kier molecular flexibility index (Phi) is 5.86. The Bertz CT molecular complexity index is 778. The van der Waals surface area contributed by atoms with Gasteiger partial charge in [0, 0.05) is 18.7 Å². The normalized spacial score (nSPS) is 10.4. The van der Waals surface area contributed by atoms with Crippen LogP contribution in [-0.4, -0.2) is 31.9 Å². The van der Waals surface area contributed by atoms with Crippen LogP contribution < -0.4 is 10.6 Å². The molecule has 0 saturated heterocycles. The average Bonchev–Trinajstić information content (AvgIpc) is 3.07. The number of esters is 1. The number of hydrogen-bond donors (Lipinski definition) is 2. The third-order valence-electron chi connectivity index (χ3n) is 3.07. The van der Waals surface area contributed by atoms with Gasteiger partial charge in [0.2, 0.25) is 5.91 Å². The van der Waals surface area contributed by atoms with Crippen molar-refractivity contribution >= 4 is 40.2 Å². The van der Waals surface area contributed by atoms with Crippen LogP contribution in [0.4, 0.5) is 5.00 Å². The van der Waals surface area contributed by atoms with Crippen LogP contribution in [0.5, 0.6) is 0 Å². The van der Waals surface area contributed by atoms with Gasteiger partial charge in [-0.2, -0.15) is 0 Å². The summed E-state index contributed by atoms with van der Waals surface area (Å²) in [5.74, 6) is -0.918. The molecule has 0 radical (unpaired) electrons. The van der Waals surface area contributed by atoms with Crippen molar-refractivity contribution in [2.24, 2.45) is 0 Å². The van der Waals surface area contributed by atoms with Crippen molar-refractivity contribution in [3.8, 4) is 0 Å². The summed E-state index contributed by atoms with van der Waals surface area (Å²) in [7, 11) is 2.87. The summed E-state index contributed by atoms with van der Waals surface area (Å²) in [6.07, 6.45) is 3.02. The Hall–Kier alpha value is -2.93. The SMILES string of the molecule is CNC(=O)c1ccc(/C=C/C(=O)Nc2ccc(C(=O)OC)s2)cc1. The van der Waals surface area contributed by atoms with E-state index in [1.54, 1.807) is 49.5 Å². The van der Waals surface area contributed by atoms with Crippen molar-refractivity contribution in [1.82, 2.24) is 5.32 Å². The summed E-state index contributed by atoms with van der Waals surface area (Å²) in [5.41, 5.74) is 1.34. The molecule has 1 heterocycles. The number of carbonyl (C=O) groups is 3. The second-order valence-corrected chi connectivity index (χ2v) is 5.76. The van der Waals surface area contributed by atoms with Crippen LogP contribution in [0.3, 0.4) is 0 Å². The lowest BCUT2D eigenvalue weighted by molar-refractivity contribution is -0.111. The third kappa shape index (κ3) is 4.53. The molecule has 0 unspecified atom stereocenters. The average molecular weight is 344 g/mol. The van der Waals surface area contributed by atoms with Gasteiger partial charge in [0.15, 0.2) is 0 Å². The van der Waals surface area contributed by atoms with Gasteiger partial charge < -0.3 is 15.4 Å². The van der Waals surface area contributed by atoms with Crippen LogP contribution in [0, 0.1) is 0 Å². The van der Waals surface area contributed by atoms with Crippen LogP contribution in [0.2, 0.25) is 0 Å². The number of methoxy groups -OCH3 is 1. The van der Waals surface area contributed by atoms with Gasteiger partial charge in [-0.15, -0.1) is 11.3 Å². The molecule has 2 N–H and O–H groups in total. The molecule has 1 aromatic heterocycles. The number of anilines is 1. The van der Waals surface area contributed by atoms with Crippen molar-refractivity contribution < 1.29 is 19.1 Å². The Morgan fingerprint density at radius 2 is 1.79 bits per heavy atom. The Morgan fingerprint density at radius 3 is 2.42 bits per heavy atom. The Labute approximate surface area is 143 Å². The fraction of sp³-hybridized carbons (Fsp3) is 0.118. The zero-order valence-electron chi connectivity index (χ0n) is 13.2. The largest absolute Gasteiger partial charge is 0.465 e. The van der Waals surface area contributed by atoms with Gasteiger partial charge in [-0.1, -0.05) is 12.1 Å². The first-order valence-corrected chi connectivity index (χ1v) is 7.84. The predicted molar refractivity (Wildman–Crippen MR) is 93.2 cm³/mol. The van der Waals surface area contributed by atoms with Gasteiger partial charge >= 0.3 is 5.97 Å². The van der Waals surface area contributed by atoms with Gasteiger partial charge in [-0.05, 0) is 35.9 Å². The second kappa shape index (κ2) is 8.07. The van der Waals surface area contributed by atoms with Crippen LogP contribution in [0.25, 0.3) is 6.08 Å². The molecule has 2 rings (SSSR count). The van der Waals surface area contributed by atoms with E-state index >= 15 is 0 Å². The third-order valence-corrected chi connectivity index (χ3v) is 4.05. The lowest BCUT2D eigenvalue weighted by atomic mass is 10.1. The minimum absolute atomic E-state index is 0.164. The van der Waals surface area contributed by atoms with Gasteiger partial charge in [0.25, 0.3) is 5.91 Å². The number of ether oxygens (including phenoxy) is 1. The molecule has 6 nitrogen and oxygen atoms in total. The first kappa shape index (κ1) is 17.4. The number of amides is 2. The molecule has 0 bridgehead atoms. The molecule has 0 fully saturated rings. The van der Waals surface area contributed by atoms with Crippen LogP contribution >= 0.6 is 11.3 Å². The smallest absolute Gasteiger partial charge is 0.348 e. The van der Waals surface area contributed by atoms with Crippen molar-refractivity contribution in [1.29, 1.82) is 0 Å². The highest BCUT2D eigenvalue weighted by Crippen LogP contribution is 2.22. The van der Waals surface area contributed by atoms with Gasteiger partial charge in [-0.3, -0.25) is 9.59 Å². The molecular weight excluding hydrogens is 328 g/mol. The van der Waals surface area contributed by atoms with Crippen LogP contribution in [0.15, 0.2) is 42.5 Å². The fourth-order valence-electron chi connectivity index (χ4n) is 1.84. The van der Waals surface area contributed by atoms with Gasteiger partial charge in [-0.25, -0.2) is 4.79 Å². The molecule has 0 saturated carbocycles. The first-order valence-electron chi connectivity index (χ1n) is 7.03. The van der Waals surface area contributed by atoms with E-state index in [4.69, 9.17) is 0 Å². The van der Waals surface area contributed by atoms with Gasteiger partial charge in [0.05, 0.1) is 12.1 Å². The lowest BCUT2D eigenvalue weighted by Crippen LogP contribution is -2.17. The minimum Gasteiger partial charge on any atom is -0.465 e. The molecule has 0 aliphatic carbocycles. The molecule has 0 spiro atoms. The summed E-state index contributed by atoms with van der Waals surface area (Å²) >= 11 is 1.14. The molecule has 2 amide bonds. The highest BCUT2D eigenvalue weighted by atomic mass is 32.1. The van der Waals surface area contributed by atoms with Crippen molar-refractivity contribution in [2.45, 2.75) is 0 Å². The van der Waals surface area contributed by atoms with E-state index in [2.05, 4.69) is 15.4 Å². The van der Waals surface area contributed by atoms with E-state index in [0.29, 0.717) is 15.4 Å². The molecule has 24 heavy (non-hydrogen) atoms. The molecule has 124 valence electrons. The molecule has 0 aliphatic rings. The van der Waals surface area contributed by atoms with E-state index in [1.807, 2.05) is 0 Å².